The number of phenolic OH excluding ortho intramolecular Hbond substituents is 2. The van der Waals surface area contributed by atoms with Gasteiger partial charge in [-0.2, -0.15) is 11.8 Å². The predicted octanol–water partition coefficient (Wildman–Crippen LogP) is 5.28. The molecule has 2 amide bonds. The second-order valence-electron chi connectivity index (χ2n) is 22.5. The third kappa shape index (κ3) is 16.9. The number of hydrogen-bond donors (Lipinski definition) is 5. The molecule has 5 aliphatic rings. The van der Waals surface area contributed by atoms with Crippen molar-refractivity contribution in [2.75, 3.05) is 105 Å². The molecule has 0 spiro atoms. The van der Waals surface area contributed by atoms with Crippen LogP contribution in [-0.2, 0) is 78.9 Å². The van der Waals surface area contributed by atoms with Gasteiger partial charge in [0.15, 0.2) is 36.2 Å². The van der Waals surface area contributed by atoms with Crippen LogP contribution in [0.3, 0.4) is 0 Å². The van der Waals surface area contributed by atoms with E-state index in [4.69, 9.17) is 47.4 Å². The molecule has 0 unspecified atom stereocenters. The quantitative estimate of drug-likeness (QED) is 0.0149. The van der Waals surface area contributed by atoms with E-state index < -0.39 is 108 Å². The highest BCUT2D eigenvalue weighted by Crippen LogP contribution is 2.53. The Bertz CT molecular complexity index is 3310. The summed E-state index contributed by atoms with van der Waals surface area (Å²) in [6.45, 7) is 5.33. The zero-order valence-electron chi connectivity index (χ0n) is 51.0. The number of morpholine rings is 1. The van der Waals surface area contributed by atoms with Gasteiger partial charge in [-0.1, -0.05) is 44.0 Å². The summed E-state index contributed by atoms with van der Waals surface area (Å²) in [4.78, 5) is 105. The molecule has 28 heteroatoms. The van der Waals surface area contributed by atoms with Gasteiger partial charge in [0.2, 0.25) is 11.7 Å². The van der Waals surface area contributed by atoms with Crippen molar-refractivity contribution in [2.24, 2.45) is 0 Å². The molecule has 5 N–H and O–H groups in total. The third-order valence-corrected chi connectivity index (χ3v) is 18.5. The Kier molecular flexibility index (Phi) is 25.4. The van der Waals surface area contributed by atoms with E-state index in [0.29, 0.717) is 100 Å². The first-order valence-corrected chi connectivity index (χ1v) is 33.8. The molecule has 4 heterocycles. The number of alkyl halides is 2. The summed E-state index contributed by atoms with van der Waals surface area (Å²) in [5.41, 5.74) is -0.193. The van der Waals surface area contributed by atoms with Crippen LogP contribution in [0.5, 0.6) is 17.2 Å². The number of amides is 2. The number of nitrogens with zero attached hydrogens (tertiary/aromatic N) is 3. The number of thioether (sulfide) groups is 1. The number of methoxy groups -OCH3 is 2. The zero-order chi connectivity index (χ0) is 64.8. The summed E-state index contributed by atoms with van der Waals surface area (Å²) < 4.78 is 58.2. The molecular formula is C63H77Br2N5O20S. The topological polar surface area (TPSA) is 326 Å². The molecule has 2 aliphatic carbocycles. The lowest BCUT2D eigenvalue weighted by molar-refractivity contribution is -0.256. The first-order chi connectivity index (χ1) is 44.0. The lowest BCUT2D eigenvalue weighted by atomic mass is 9.72. The number of ketones is 5. The molecule has 0 saturated carbocycles. The highest BCUT2D eigenvalue weighted by atomic mass is 79.9. The van der Waals surface area contributed by atoms with E-state index in [2.05, 4.69) is 57.4 Å². The molecule has 25 nitrogen and oxygen atoms in total. The Morgan fingerprint density at radius 2 is 1.49 bits per heavy atom. The van der Waals surface area contributed by atoms with Crippen LogP contribution in [-0.4, -0.2) is 218 Å². The minimum atomic E-state index is -2.39. The van der Waals surface area contributed by atoms with Crippen molar-refractivity contribution in [3.05, 3.63) is 86.7 Å². The second kappa shape index (κ2) is 33.1. The van der Waals surface area contributed by atoms with E-state index in [1.165, 1.54) is 44.2 Å². The Morgan fingerprint density at radius 1 is 0.791 bits per heavy atom. The molecule has 0 bridgehead atoms. The number of aromatic hydroxyl groups is 2. The normalized spacial score (nSPS) is 22.6. The number of nitrogens with one attached hydrogen (secondary N) is 2. The number of Topliss-reactive ketones (excluding diaryl/α,β-unsaturated/α-hetero) is 3. The maximum absolute atomic E-state index is 14.3. The van der Waals surface area contributed by atoms with Crippen molar-refractivity contribution in [1.82, 2.24) is 25.5 Å². The molecule has 91 heavy (non-hydrogen) atoms. The number of aromatic nitrogens is 2. The molecule has 3 fully saturated rings. The fraction of sp³-hybridized carbons (Fsp3) is 0.571. The highest BCUT2D eigenvalue weighted by molar-refractivity contribution is 9.09. The smallest absolute Gasteiger partial charge is 0.252 e. The highest BCUT2D eigenvalue weighted by Gasteiger charge is 2.55. The van der Waals surface area contributed by atoms with Gasteiger partial charge in [0.25, 0.3) is 5.91 Å². The van der Waals surface area contributed by atoms with Crippen LogP contribution >= 0.6 is 43.6 Å². The first-order valence-electron chi connectivity index (χ1n) is 30.4. The summed E-state index contributed by atoms with van der Waals surface area (Å²) in [7, 11) is 2.85. The fourth-order valence-electron chi connectivity index (χ4n) is 11.9. The maximum atomic E-state index is 14.3. The van der Waals surface area contributed by atoms with Crippen LogP contribution in [0.1, 0.15) is 129 Å². The van der Waals surface area contributed by atoms with Gasteiger partial charge in [-0.05, 0) is 44.0 Å². The van der Waals surface area contributed by atoms with Gasteiger partial charge in [0, 0.05) is 116 Å². The van der Waals surface area contributed by atoms with Crippen LogP contribution < -0.4 is 15.4 Å². The van der Waals surface area contributed by atoms with Crippen molar-refractivity contribution in [1.29, 1.82) is 0 Å². The van der Waals surface area contributed by atoms with Crippen LogP contribution in [0.2, 0.25) is 0 Å². The molecular weight excluding hydrogens is 1340 g/mol. The van der Waals surface area contributed by atoms with E-state index in [-0.39, 0.29) is 102 Å². The van der Waals surface area contributed by atoms with Crippen LogP contribution in [0.15, 0.2) is 36.4 Å². The van der Waals surface area contributed by atoms with Crippen LogP contribution in [0.4, 0.5) is 0 Å². The Labute approximate surface area is 547 Å². The number of carbonyl (C=O) groups excluding carboxylic acids is 7. The summed E-state index contributed by atoms with van der Waals surface area (Å²) in [5, 5.41) is 42.9. The molecule has 494 valence electrons. The number of aliphatic hydroxyl groups is 1. The predicted molar refractivity (Wildman–Crippen MR) is 335 cm³/mol. The Hall–Kier alpha value is -5.44. The number of halogens is 2. The van der Waals surface area contributed by atoms with E-state index in [9.17, 15) is 48.9 Å². The molecule has 3 aromatic carbocycles. The van der Waals surface area contributed by atoms with Gasteiger partial charge < -0.3 is 73.3 Å². The molecule has 4 aromatic rings. The second-order valence-corrected chi connectivity index (χ2v) is 24.8. The fourth-order valence-corrected chi connectivity index (χ4v) is 13.6. The number of fused-ring (bicyclic) bond motifs is 7. The molecule has 3 saturated heterocycles. The number of hydrogen-bond acceptors (Lipinski definition) is 24. The maximum Gasteiger partial charge on any atom is 0.252 e. The largest absolute Gasteiger partial charge is 0.507 e. The molecule has 8 atom stereocenters. The minimum Gasteiger partial charge on any atom is -0.507 e. The zero-order valence-corrected chi connectivity index (χ0v) is 55.0. The van der Waals surface area contributed by atoms with E-state index in [1.807, 2.05) is 6.07 Å². The summed E-state index contributed by atoms with van der Waals surface area (Å²) in [6, 6.07) is 9.52. The van der Waals surface area contributed by atoms with Gasteiger partial charge in [-0.3, -0.25) is 38.5 Å². The van der Waals surface area contributed by atoms with Gasteiger partial charge >= 0.3 is 0 Å². The van der Waals surface area contributed by atoms with Gasteiger partial charge in [-0.25, -0.2) is 9.97 Å². The van der Waals surface area contributed by atoms with Gasteiger partial charge in [-0.15, -0.1) is 0 Å². The number of ether oxygens (including phenoxy) is 10. The van der Waals surface area contributed by atoms with Crippen LogP contribution in [0, 0.1) is 0 Å². The Balaban J connectivity index is 0.634. The number of carbonyl (C=O) groups is 7. The minimum absolute atomic E-state index is 0.00670. The van der Waals surface area contributed by atoms with Crippen molar-refractivity contribution in [2.45, 2.75) is 124 Å². The third-order valence-electron chi connectivity index (χ3n) is 16.5. The molecule has 3 aliphatic heterocycles. The number of rotatable bonds is 35. The average molecular weight is 1420 g/mol. The van der Waals surface area contributed by atoms with Crippen molar-refractivity contribution in [3.63, 3.8) is 0 Å². The van der Waals surface area contributed by atoms with Gasteiger partial charge in [0.05, 0.1) is 124 Å². The first kappa shape index (κ1) is 69.9. The summed E-state index contributed by atoms with van der Waals surface area (Å²) >= 11 is 8.10. The Morgan fingerprint density at radius 3 is 2.21 bits per heavy atom. The average Bonchev–Trinajstić information content (AvgIpc) is 1.19. The van der Waals surface area contributed by atoms with Crippen LogP contribution in [0.25, 0.3) is 11.0 Å². The SMILES string of the molecule is COc1cccc2c1C(=O)c1c(O)c3c(c(O)c1C2=O)C[C@@](O)(C(=O)NCC(=O)CCSCC(=O)NCCCC(=O)CCOCCOCCOCCOCCCC(=O)c1ccc2nc(CBr)c(CBr)nc2c1)C[C@@H]3O[C@H]1C[C@H]2[C@H](O[C@@H]3[C@@H](OC)OCCN32)[C@H](C)O1. The van der Waals surface area contributed by atoms with E-state index >= 15 is 0 Å². The summed E-state index contributed by atoms with van der Waals surface area (Å²) in [5.74, 6) is -4.31. The van der Waals surface area contributed by atoms with Crippen molar-refractivity contribution < 1.29 is 96.2 Å². The molecule has 0 radical (unpaired) electrons. The number of phenols is 2. The van der Waals surface area contributed by atoms with E-state index in [1.54, 1.807) is 19.1 Å². The van der Waals surface area contributed by atoms with Crippen molar-refractivity contribution >= 4 is 95.4 Å². The standard InChI is InChI=1S/C63H77Br2N5O20S/c1-35-59-45(70-16-19-87-61(82-3)60(70)90-59)28-50(88-35)89-48-30-63(80,29-40-52(48)58(78)54-53(56(40)76)55(75)39-8-4-10-47(81-2)51(39)57(54)77)62(79)67-33-38(72)14-26-91-34-49(74)66-15-5-7-37(71)13-18-84-21-23-86-25-24-85-22-20-83-17-6-9-46(73)36-11-12-41-42(27-36)69-44(32-65)43(31-64)68-41/h4,8,10-12,27,35,45,48,50,59-61,76,78,80H,5-7,9,13-26,28-34H2,1-3H3,(H,66,74)(H,67,79)/t35-,45-,48-,50-,59+,60+,61-,63-/m0/s1. The summed E-state index contributed by atoms with van der Waals surface area (Å²) in [6.07, 6.45) is -3.71. The van der Waals surface area contributed by atoms with Crippen molar-refractivity contribution in [3.8, 4) is 17.2 Å². The molecule has 9 rings (SSSR count). The lowest BCUT2D eigenvalue weighted by Crippen LogP contribution is -2.55. The lowest BCUT2D eigenvalue weighted by Gasteiger charge is -2.43. The molecule has 1 aromatic heterocycles. The number of benzene rings is 3. The van der Waals surface area contributed by atoms with E-state index in [0.717, 1.165) is 16.9 Å². The monoisotopic (exact) mass is 1410 g/mol. The van der Waals surface area contributed by atoms with Gasteiger partial charge in [0.1, 0.15) is 34.7 Å².